The van der Waals surface area contributed by atoms with Gasteiger partial charge in [0.15, 0.2) is 5.16 Å². The lowest BCUT2D eigenvalue weighted by atomic mass is 10.2. The minimum Gasteiger partial charge on any atom is -0.338 e. The van der Waals surface area contributed by atoms with Gasteiger partial charge in [0, 0.05) is 17.5 Å². The van der Waals surface area contributed by atoms with E-state index in [1.54, 1.807) is 30.6 Å². The van der Waals surface area contributed by atoms with Crippen LogP contribution in [0.5, 0.6) is 0 Å². The number of hydrogen-bond acceptors (Lipinski definition) is 7. The number of thiophene rings is 1. The summed E-state index contributed by atoms with van der Waals surface area (Å²) in [4.78, 5) is 32.1. The lowest BCUT2D eigenvalue weighted by Crippen LogP contribution is -2.26. The van der Waals surface area contributed by atoms with Gasteiger partial charge < -0.3 is 4.52 Å². The molecule has 1 aromatic carbocycles. The van der Waals surface area contributed by atoms with E-state index in [9.17, 15) is 9.59 Å². The third-order valence-electron chi connectivity index (χ3n) is 4.51. The molecule has 0 aliphatic carbocycles. The molecule has 0 spiro atoms. The minimum absolute atomic E-state index is 0.149. The standard InChI is InChI=1S/C22H20N4O3S2/c1-4-10-26-21(28)16-12-17(15-8-6-5-7-9-15)31-20(16)24-22(26)30-14(3)19(27)23-18-11-13(2)25-29-18/h4-9,11-12,14H,1,10H2,2-3H3,(H,23,27). The van der Waals surface area contributed by atoms with Gasteiger partial charge >= 0.3 is 0 Å². The molecule has 3 aromatic heterocycles. The van der Waals surface area contributed by atoms with E-state index < -0.39 is 5.25 Å². The number of aryl methyl sites for hydroxylation is 1. The fourth-order valence-corrected chi connectivity index (χ4v) is 4.98. The summed E-state index contributed by atoms with van der Waals surface area (Å²) in [7, 11) is 0. The van der Waals surface area contributed by atoms with E-state index >= 15 is 0 Å². The van der Waals surface area contributed by atoms with E-state index in [1.807, 2.05) is 36.4 Å². The summed E-state index contributed by atoms with van der Waals surface area (Å²) in [5.41, 5.74) is 1.56. The first-order chi connectivity index (χ1) is 15.0. The highest BCUT2D eigenvalue weighted by Gasteiger charge is 2.21. The number of anilines is 1. The highest BCUT2D eigenvalue weighted by atomic mass is 32.2. The maximum Gasteiger partial charge on any atom is 0.263 e. The van der Waals surface area contributed by atoms with Gasteiger partial charge in [-0.15, -0.1) is 17.9 Å². The minimum atomic E-state index is -0.514. The molecule has 0 aliphatic heterocycles. The van der Waals surface area contributed by atoms with Crippen molar-refractivity contribution in [2.45, 2.75) is 30.8 Å². The first-order valence-electron chi connectivity index (χ1n) is 9.58. The van der Waals surface area contributed by atoms with Crippen molar-refractivity contribution in [1.82, 2.24) is 14.7 Å². The number of hydrogen-bond donors (Lipinski definition) is 1. The van der Waals surface area contributed by atoms with Crippen molar-refractivity contribution < 1.29 is 9.32 Å². The SMILES string of the molecule is C=CCn1c(SC(C)C(=O)Nc2cc(C)no2)nc2sc(-c3ccccc3)cc2c1=O. The Balaban J connectivity index is 1.67. The van der Waals surface area contributed by atoms with Crippen molar-refractivity contribution in [3.63, 3.8) is 0 Å². The predicted octanol–water partition coefficient (Wildman–Crippen LogP) is 4.73. The summed E-state index contributed by atoms with van der Waals surface area (Å²) in [6.45, 7) is 7.58. The van der Waals surface area contributed by atoms with Crippen molar-refractivity contribution >= 4 is 45.1 Å². The smallest absolute Gasteiger partial charge is 0.263 e. The van der Waals surface area contributed by atoms with E-state index in [-0.39, 0.29) is 17.4 Å². The Labute approximate surface area is 186 Å². The van der Waals surface area contributed by atoms with Crippen molar-refractivity contribution in [3.05, 3.63) is 71.2 Å². The lowest BCUT2D eigenvalue weighted by molar-refractivity contribution is -0.115. The number of allylic oxidation sites excluding steroid dienone is 1. The van der Waals surface area contributed by atoms with Crippen LogP contribution in [0.2, 0.25) is 0 Å². The maximum absolute atomic E-state index is 13.2. The summed E-state index contributed by atoms with van der Waals surface area (Å²) in [6.07, 6.45) is 1.64. The van der Waals surface area contributed by atoms with E-state index in [0.717, 1.165) is 10.4 Å². The first kappa shape index (κ1) is 21.1. The lowest BCUT2D eigenvalue weighted by Gasteiger charge is -2.13. The average molecular weight is 453 g/mol. The molecule has 0 radical (unpaired) electrons. The zero-order chi connectivity index (χ0) is 22.0. The fraction of sp³-hybridized carbons (Fsp3) is 0.182. The highest BCUT2D eigenvalue weighted by molar-refractivity contribution is 8.00. The topological polar surface area (TPSA) is 90.0 Å². The van der Waals surface area contributed by atoms with Crippen LogP contribution in [0.3, 0.4) is 0 Å². The van der Waals surface area contributed by atoms with Crippen LogP contribution < -0.4 is 10.9 Å². The second-order valence-electron chi connectivity index (χ2n) is 6.88. The molecule has 4 rings (SSSR count). The van der Waals surface area contributed by atoms with Crippen LogP contribution in [0.1, 0.15) is 12.6 Å². The normalized spacial score (nSPS) is 12.1. The Bertz CT molecular complexity index is 1310. The van der Waals surface area contributed by atoms with E-state index in [2.05, 4.69) is 17.1 Å². The number of benzene rings is 1. The number of aromatic nitrogens is 3. The Kier molecular flexibility index (Phi) is 6.06. The maximum atomic E-state index is 13.2. The molecule has 9 heteroatoms. The van der Waals surface area contributed by atoms with Gasteiger partial charge in [-0.3, -0.25) is 19.5 Å². The number of carbonyl (C=O) groups excluding carboxylic acids is 1. The predicted molar refractivity (Wildman–Crippen MR) is 125 cm³/mol. The quantitative estimate of drug-likeness (QED) is 0.248. The van der Waals surface area contributed by atoms with Gasteiger partial charge in [0.1, 0.15) is 4.83 Å². The molecule has 0 aliphatic rings. The number of amides is 1. The number of thioether (sulfide) groups is 1. The zero-order valence-electron chi connectivity index (χ0n) is 17.0. The molecular formula is C22H20N4O3S2. The van der Waals surface area contributed by atoms with Gasteiger partial charge in [0.25, 0.3) is 5.56 Å². The summed E-state index contributed by atoms with van der Waals surface area (Å²) < 4.78 is 6.59. The third kappa shape index (κ3) is 4.47. The Morgan fingerprint density at radius 1 is 1.35 bits per heavy atom. The van der Waals surface area contributed by atoms with Gasteiger partial charge in [-0.05, 0) is 25.5 Å². The molecular weight excluding hydrogens is 432 g/mol. The van der Waals surface area contributed by atoms with Crippen LogP contribution in [0, 0.1) is 6.92 Å². The van der Waals surface area contributed by atoms with Crippen molar-refractivity contribution in [1.29, 1.82) is 0 Å². The molecule has 3 heterocycles. The number of nitrogens with one attached hydrogen (secondary N) is 1. The highest BCUT2D eigenvalue weighted by Crippen LogP contribution is 2.33. The molecule has 158 valence electrons. The Hall–Kier alpha value is -3.17. The zero-order valence-corrected chi connectivity index (χ0v) is 18.6. The fourth-order valence-electron chi connectivity index (χ4n) is 2.98. The first-order valence-corrected chi connectivity index (χ1v) is 11.3. The van der Waals surface area contributed by atoms with E-state index in [4.69, 9.17) is 9.51 Å². The van der Waals surface area contributed by atoms with Crippen LogP contribution in [-0.4, -0.2) is 25.9 Å². The number of nitrogens with zero attached hydrogens (tertiary/aromatic N) is 3. The molecule has 0 saturated carbocycles. The van der Waals surface area contributed by atoms with E-state index in [0.29, 0.717) is 27.6 Å². The molecule has 0 saturated heterocycles. The number of carbonyl (C=O) groups is 1. The van der Waals surface area contributed by atoms with Crippen LogP contribution in [0.4, 0.5) is 5.88 Å². The van der Waals surface area contributed by atoms with E-state index in [1.165, 1.54) is 23.1 Å². The van der Waals surface area contributed by atoms with Gasteiger partial charge in [0.05, 0.1) is 16.3 Å². The van der Waals surface area contributed by atoms with Gasteiger partial charge in [-0.25, -0.2) is 4.98 Å². The largest absolute Gasteiger partial charge is 0.338 e. The molecule has 1 amide bonds. The van der Waals surface area contributed by atoms with Gasteiger partial charge in [0.2, 0.25) is 11.8 Å². The van der Waals surface area contributed by atoms with Crippen LogP contribution in [-0.2, 0) is 11.3 Å². The van der Waals surface area contributed by atoms with Crippen molar-refractivity contribution in [2.75, 3.05) is 5.32 Å². The third-order valence-corrected chi connectivity index (χ3v) is 6.68. The molecule has 7 nitrogen and oxygen atoms in total. The van der Waals surface area contributed by atoms with Crippen LogP contribution in [0.25, 0.3) is 20.7 Å². The Morgan fingerprint density at radius 2 is 2.13 bits per heavy atom. The molecule has 4 aromatic rings. The average Bonchev–Trinajstić information content (AvgIpc) is 3.37. The van der Waals surface area contributed by atoms with Gasteiger partial charge in [-0.2, -0.15) is 0 Å². The number of rotatable bonds is 7. The molecule has 31 heavy (non-hydrogen) atoms. The second-order valence-corrected chi connectivity index (χ2v) is 9.21. The molecule has 0 bridgehead atoms. The van der Waals surface area contributed by atoms with Crippen LogP contribution in [0.15, 0.2) is 69.6 Å². The molecule has 1 atom stereocenters. The van der Waals surface area contributed by atoms with Gasteiger partial charge in [-0.1, -0.05) is 53.3 Å². The monoisotopic (exact) mass is 452 g/mol. The summed E-state index contributed by atoms with van der Waals surface area (Å²) in [5.74, 6) is 0.0180. The van der Waals surface area contributed by atoms with Crippen LogP contribution >= 0.6 is 23.1 Å². The summed E-state index contributed by atoms with van der Waals surface area (Å²) in [5, 5.41) is 6.96. The van der Waals surface area contributed by atoms with Crippen molar-refractivity contribution in [2.24, 2.45) is 0 Å². The number of fused-ring (bicyclic) bond motifs is 1. The molecule has 1 N–H and O–H groups in total. The second kappa shape index (κ2) is 8.91. The summed E-state index contributed by atoms with van der Waals surface area (Å²) >= 11 is 2.67. The summed E-state index contributed by atoms with van der Waals surface area (Å²) in [6, 6.07) is 13.4. The molecule has 0 fully saturated rings. The Morgan fingerprint density at radius 3 is 2.81 bits per heavy atom. The molecule has 1 unspecified atom stereocenters. The van der Waals surface area contributed by atoms with Crippen molar-refractivity contribution in [3.8, 4) is 10.4 Å².